The van der Waals surface area contributed by atoms with Crippen molar-refractivity contribution in [1.29, 1.82) is 0 Å². The Balaban J connectivity index is 0.000000342. The molecular weight excluding hydrogens is 352 g/mol. The largest absolute Gasteiger partial charge is 0.763 e. The van der Waals surface area contributed by atoms with Crippen molar-refractivity contribution in [1.82, 2.24) is 10.3 Å². The van der Waals surface area contributed by atoms with E-state index in [-0.39, 0.29) is 0 Å². The molecule has 0 spiro atoms. The van der Waals surface area contributed by atoms with Crippen LogP contribution in [0.4, 0.5) is 0 Å². The molecule has 0 radical (unpaired) electrons. The van der Waals surface area contributed by atoms with E-state index in [2.05, 4.69) is 21.5 Å². The van der Waals surface area contributed by atoms with Crippen molar-refractivity contribution >= 4 is 29.0 Å². The van der Waals surface area contributed by atoms with E-state index in [0.717, 1.165) is 31.9 Å². The number of nitrogens with zero attached hydrogens (tertiary/aromatic N) is 2. The van der Waals surface area contributed by atoms with Gasteiger partial charge in [0.2, 0.25) is 0 Å². The van der Waals surface area contributed by atoms with Crippen LogP contribution in [0, 0.1) is 0 Å². The number of methoxy groups -OCH3 is 1. The smallest absolute Gasteiger partial charge is 0.336 e. The number of allylic oxidation sites excluding steroid dienone is 1. The van der Waals surface area contributed by atoms with Crippen LogP contribution >= 0.6 is 12.2 Å². The van der Waals surface area contributed by atoms with Crippen LogP contribution in [0.25, 0.3) is 5.41 Å². The summed E-state index contributed by atoms with van der Waals surface area (Å²) >= 11 is 5.18. The van der Waals surface area contributed by atoms with Gasteiger partial charge in [0.25, 0.3) is 0 Å². The fourth-order valence-corrected chi connectivity index (χ4v) is 3.07. The van der Waals surface area contributed by atoms with Crippen molar-refractivity contribution < 1.29 is 19.6 Å². The SMILES string of the molecule is C1COCC[NH2+]1.COC(=O)C1=C(C)NC(=S)C(=C=[N-])C1c1cccnc1. The number of esters is 1. The molecule has 1 fully saturated rings. The monoisotopic (exact) mass is 374 g/mol. The van der Waals surface area contributed by atoms with E-state index in [1.165, 1.54) is 7.11 Å². The Morgan fingerprint density at radius 1 is 1.50 bits per heavy atom. The molecule has 8 heteroatoms. The molecule has 1 aromatic heterocycles. The minimum atomic E-state index is -0.546. The number of hydrogen-bond donors (Lipinski definition) is 2. The summed E-state index contributed by atoms with van der Waals surface area (Å²) in [6, 6.07) is 3.55. The molecule has 1 aromatic rings. The van der Waals surface area contributed by atoms with Gasteiger partial charge < -0.3 is 25.5 Å². The third kappa shape index (κ3) is 4.83. The van der Waals surface area contributed by atoms with Gasteiger partial charge in [0, 0.05) is 23.7 Å². The zero-order chi connectivity index (χ0) is 18.9. The number of pyridine rings is 1. The number of carbonyl (C=O) groups is 1. The molecule has 3 N–H and O–H groups in total. The highest BCUT2D eigenvalue weighted by Crippen LogP contribution is 2.35. The van der Waals surface area contributed by atoms with Gasteiger partial charge in [0.15, 0.2) is 0 Å². The molecular formula is C18H22N4O3S. The Morgan fingerprint density at radius 2 is 2.23 bits per heavy atom. The summed E-state index contributed by atoms with van der Waals surface area (Å²) in [7, 11) is 1.31. The number of quaternary nitrogens is 1. The Morgan fingerprint density at radius 3 is 2.69 bits per heavy atom. The topological polar surface area (TPSA) is 99.4 Å². The summed E-state index contributed by atoms with van der Waals surface area (Å²) in [5.74, 6) is 1.04. The summed E-state index contributed by atoms with van der Waals surface area (Å²) in [5, 5.41) is 14.5. The third-order valence-electron chi connectivity index (χ3n) is 4.00. The Kier molecular flexibility index (Phi) is 7.62. The van der Waals surface area contributed by atoms with Crippen molar-refractivity contribution in [2.45, 2.75) is 12.8 Å². The van der Waals surface area contributed by atoms with Crippen LogP contribution in [0.3, 0.4) is 0 Å². The van der Waals surface area contributed by atoms with Gasteiger partial charge in [-0.3, -0.25) is 10.9 Å². The van der Waals surface area contributed by atoms with Crippen LogP contribution in [-0.4, -0.2) is 55.2 Å². The normalized spacial score (nSPS) is 19.7. The molecule has 0 saturated carbocycles. The quantitative estimate of drug-likeness (QED) is 0.334. The summed E-state index contributed by atoms with van der Waals surface area (Å²) in [5.41, 5.74) is 2.02. The van der Waals surface area contributed by atoms with E-state index >= 15 is 0 Å². The first-order valence-electron chi connectivity index (χ1n) is 8.26. The highest BCUT2D eigenvalue weighted by Gasteiger charge is 2.34. The molecule has 7 nitrogen and oxygen atoms in total. The van der Waals surface area contributed by atoms with Crippen molar-refractivity contribution in [3.63, 3.8) is 0 Å². The summed E-state index contributed by atoms with van der Waals surface area (Å²) in [6.45, 7) is 5.93. The maximum absolute atomic E-state index is 12.0. The van der Waals surface area contributed by atoms with Crippen LogP contribution in [0.1, 0.15) is 18.4 Å². The third-order valence-corrected chi connectivity index (χ3v) is 4.33. The van der Waals surface area contributed by atoms with E-state index < -0.39 is 11.9 Å². The zero-order valence-electron chi connectivity index (χ0n) is 14.8. The Labute approximate surface area is 158 Å². The molecule has 1 unspecified atom stereocenters. The first-order chi connectivity index (χ1) is 12.6. The van der Waals surface area contributed by atoms with Gasteiger partial charge in [-0.15, -0.1) is 0 Å². The minimum Gasteiger partial charge on any atom is -0.763 e. The number of ether oxygens (including phenoxy) is 2. The first kappa shape index (κ1) is 19.9. The molecule has 0 amide bonds. The Bertz CT molecular complexity index is 727. The van der Waals surface area contributed by atoms with Crippen LogP contribution in [0.5, 0.6) is 0 Å². The van der Waals surface area contributed by atoms with Gasteiger partial charge in [-0.05, 0) is 18.6 Å². The van der Waals surface area contributed by atoms with Gasteiger partial charge in [-0.25, -0.2) is 4.79 Å². The van der Waals surface area contributed by atoms with Crippen LogP contribution in [0.2, 0.25) is 0 Å². The molecule has 0 aliphatic carbocycles. The molecule has 3 heterocycles. The zero-order valence-corrected chi connectivity index (χ0v) is 15.6. The number of thiocarbonyl (C=S) groups is 1. The minimum absolute atomic E-state index is 0.319. The highest BCUT2D eigenvalue weighted by molar-refractivity contribution is 7.80. The van der Waals surface area contributed by atoms with E-state index in [4.69, 9.17) is 21.7 Å². The second-order valence-corrected chi connectivity index (χ2v) is 6.12. The number of carbonyl (C=O) groups excluding carboxylic acids is 1. The van der Waals surface area contributed by atoms with Gasteiger partial charge in [0.05, 0.1) is 44.9 Å². The number of morpholine rings is 1. The Hall–Kier alpha value is -2.38. The van der Waals surface area contributed by atoms with E-state index in [0.29, 0.717) is 21.8 Å². The lowest BCUT2D eigenvalue weighted by molar-refractivity contribution is -0.670. The van der Waals surface area contributed by atoms with Crippen LogP contribution in [0.15, 0.2) is 41.4 Å². The van der Waals surface area contributed by atoms with Crippen molar-refractivity contribution in [2.75, 3.05) is 33.4 Å². The fourth-order valence-electron chi connectivity index (χ4n) is 2.75. The van der Waals surface area contributed by atoms with Crippen LogP contribution < -0.4 is 10.6 Å². The van der Waals surface area contributed by atoms with Crippen molar-refractivity contribution in [3.05, 3.63) is 52.3 Å². The summed E-state index contributed by atoms with van der Waals surface area (Å²) in [6.07, 6.45) is 3.25. The maximum Gasteiger partial charge on any atom is 0.336 e. The van der Waals surface area contributed by atoms with E-state index in [9.17, 15) is 10.2 Å². The van der Waals surface area contributed by atoms with Gasteiger partial charge >= 0.3 is 5.97 Å². The maximum atomic E-state index is 12.0. The molecule has 138 valence electrons. The molecule has 3 rings (SSSR count). The first-order valence-corrected chi connectivity index (χ1v) is 8.67. The van der Waals surface area contributed by atoms with Gasteiger partial charge in [0.1, 0.15) is 4.99 Å². The highest BCUT2D eigenvalue weighted by atomic mass is 32.1. The molecule has 2 aliphatic rings. The van der Waals surface area contributed by atoms with Crippen molar-refractivity contribution in [2.24, 2.45) is 0 Å². The number of hydrogen-bond acceptors (Lipinski definition) is 5. The van der Waals surface area contributed by atoms with E-state index in [1.54, 1.807) is 31.5 Å². The van der Waals surface area contributed by atoms with E-state index in [1.807, 2.05) is 0 Å². The number of nitrogens with one attached hydrogen (secondary N) is 1. The van der Waals surface area contributed by atoms with Gasteiger partial charge in [-0.1, -0.05) is 18.3 Å². The molecule has 2 aliphatic heterocycles. The lowest BCUT2D eigenvalue weighted by Gasteiger charge is -2.29. The molecule has 0 aromatic carbocycles. The molecule has 1 saturated heterocycles. The molecule has 0 bridgehead atoms. The predicted octanol–water partition coefficient (Wildman–Crippen LogP) is 0.288. The molecule has 1 atom stereocenters. The molecule has 26 heavy (non-hydrogen) atoms. The number of nitrogens with two attached hydrogens (primary N) is 1. The summed E-state index contributed by atoms with van der Waals surface area (Å²) in [4.78, 5) is 16.4. The average molecular weight is 374 g/mol. The van der Waals surface area contributed by atoms with Crippen LogP contribution in [-0.2, 0) is 14.3 Å². The number of aromatic nitrogens is 1. The summed E-state index contributed by atoms with van der Waals surface area (Å²) < 4.78 is 9.85. The average Bonchev–Trinajstić information content (AvgIpc) is 2.69. The fraction of sp³-hybridized carbons (Fsp3) is 0.389. The standard InChI is InChI=1S/C14H12N3O2S.C4H9NO/c1-8-11(14(18)19-2)12(9-4-3-5-16-7-9)10(6-15)13(20)17-8;1-3-6-4-2-5-1/h3-5,7,12H,1-2H3,(H,17,20);5H,1-4H2/q-1;/p+1. The predicted molar refractivity (Wildman–Crippen MR) is 102 cm³/mol. The van der Waals surface area contributed by atoms with Gasteiger partial charge in [-0.2, -0.15) is 0 Å². The lowest BCUT2D eigenvalue weighted by Crippen LogP contribution is -2.87. The number of rotatable bonds is 2. The second kappa shape index (κ2) is 9.94. The van der Waals surface area contributed by atoms with Crippen molar-refractivity contribution in [3.8, 4) is 0 Å². The lowest BCUT2D eigenvalue weighted by atomic mass is 9.82. The second-order valence-electron chi connectivity index (χ2n) is 5.71.